The topological polar surface area (TPSA) is 15.3 Å². The minimum absolute atomic E-state index is 0.397. The van der Waals surface area contributed by atoms with Crippen molar-refractivity contribution < 1.29 is 0 Å². The molecule has 0 amide bonds. The van der Waals surface area contributed by atoms with Gasteiger partial charge in [-0.3, -0.25) is 0 Å². The van der Waals surface area contributed by atoms with Crippen molar-refractivity contribution in [1.82, 2.24) is 10.2 Å². The normalized spacial score (nSPS) is 22.2. The van der Waals surface area contributed by atoms with E-state index in [1.807, 2.05) is 0 Å². The van der Waals surface area contributed by atoms with E-state index in [2.05, 4.69) is 38.0 Å². The van der Waals surface area contributed by atoms with Gasteiger partial charge in [0, 0.05) is 5.54 Å². The average Bonchev–Trinajstić information content (AvgIpc) is 2.21. The molecule has 0 aromatic carbocycles. The fraction of sp³-hybridized carbons (Fsp3) is 1.00. The lowest BCUT2D eigenvalue weighted by atomic mass is 9.90. The molecule has 2 heteroatoms. The number of rotatable bonds is 5. The van der Waals surface area contributed by atoms with Crippen molar-refractivity contribution in [3.63, 3.8) is 0 Å². The highest BCUT2D eigenvalue weighted by molar-refractivity contribution is 4.87. The van der Waals surface area contributed by atoms with E-state index in [0.29, 0.717) is 5.54 Å². The maximum atomic E-state index is 3.45. The molecule has 0 bridgehead atoms. The molecule has 0 aliphatic carbocycles. The molecular formula is C13H28N2. The van der Waals surface area contributed by atoms with Gasteiger partial charge in [-0.05, 0) is 65.2 Å². The van der Waals surface area contributed by atoms with Crippen molar-refractivity contribution in [2.45, 2.75) is 52.0 Å². The molecule has 0 saturated carbocycles. The number of hydrogen-bond acceptors (Lipinski definition) is 2. The summed E-state index contributed by atoms with van der Waals surface area (Å²) in [5.41, 5.74) is 0.397. The molecule has 1 aliphatic rings. The van der Waals surface area contributed by atoms with E-state index in [1.54, 1.807) is 0 Å². The van der Waals surface area contributed by atoms with E-state index >= 15 is 0 Å². The zero-order valence-electron chi connectivity index (χ0n) is 11.0. The summed E-state index contributed by atoms with van der Waals surface area (Å²) in [4.78, 5) is 2.63. The van der Waals surface area contributed by atoms with Crippen molar-refractivity contribution in [2.75, 3.05) is 26.7 Å². The van der Waals surface area contributed by atoms with Crippen LogP contribution in [0.2, 0.25) is 0 Å². The first kappa shape index (κ1) is 13.0. The van der Waals surface area contributed by atoms with Gasteiger partial charge in [-0.15, -0.1) is 0 Å². The Labute approximate surface area is 95.4 Å². The molecule has 1 heterocycles. The van der Waals surface area contributed by atoms with Gasteiger partial charge in [0.05, 0.1) is 0 Å². The molecule has 15 heavy (non-hydrogen) atoms. The second-order valence-corrected chi connectivity index (χ2v) is 5.69. The van der Waals surface area contributed by atoms with Crippen LogP contribution in [-0.4, -0.2) is 37.1 Å². The lowest BCUT2D eigenvalue weighted by Gasteiger charge is -2.39. The molecule has 90 valence electrons. The van der Waals surface area contributed by atoms with Gasteiger partial charge in [0.25, 0.3) is 0 Å². The van der Waals surface area contributed by atoms with Crippen LogP contribution in [-0.2, 0) is 0 Å². The van der Waals surface area contributed by atoms with Crippen LogP contribution in [0.25, 0.3) is 0 Å². The Hall–Kier alpha value is -0.0800. The highest BCUT2D eigenvalue weighted by Crippen LogP contribution is 2.21. The predicted molar refractivity (Wildman–Crippen MR) is 67.2 cm³/mol. The summed E-state index contributed by atoms with van der Waals surface area (Å²) in [7, 11) is 2.09. The summed E-state index contributed by atoms with van der Waals surface area (Å²) in [6.45, 7) is 10.8. The van der Waals surface area contributed by atoms with E-state index in [0.717, 1.165) is 5.92 Å². The number of piperidine rings is 1. The van der Waals surface area contributed by atoms with Crippen LogP contribution in [0.15, 0.2) is 0 Å². The Balaban J connectivity index is 2.15. The number of likely N-dealkylation sites (tertiary alicyclic amines) is 1. The van der Waals surface area contributed by atoms with Gasteiger partial charge < -0.3 is 10.2 Å². The Morgan fingerprint density at radius 1 is 1.27 bits per heavy atom. The zero-order chi connectivity index (χ0) is 11.3. The first-order valence-corrected chi connectivity index (χ1v) is 6.47. The largest absolute Gasteiger partial charge is 0.314 e. The van der Waals surface area contributed by atoms with Gasteiger partial charge in [0.15, 0.2) is 0 Å². The van der Waals surface area contributed by atoms with Crippen LogP contribution in [0, 0.1) is 5.92 Å². The van der Waals surface area contributed by atoms with Crippen molar-refractivity contribution in [1.29, 1.82) is 0 Å². The van der Waals surface area contributed by atoms with Gasteiger partial charge in [-0.1, -0.05) is 13.8 Å². The monoisotopic (exact) mass is 212 g/mol. The van der Waals surface area contributed by atoms with Crippen molar-refractivity contribution in [3.05, 3.63) is 0 Å². The lowest BCUT2D eigenvalue weighted by Crippen LogP contribution is -2.50. The minimum Gasteiger partial charge on any atom is -0.314 e. The van der Waals surface area contributed by atoms with E-state index in [-0.39, 0.29) is 0 Å². The third-order valence-corrected chi connectivity index (χ3v) is 3.82. The summed E-state index contributed by atoms with van der Waals surface area (Å²) in [6, 6.07) is 0. The van der Waals surface area contributed by atoms with E-state index in [9.17, 15) is 0 Å². The Bertz CT molecular complexity index is 169. The second-order valence-electron chi connectivity index (χ2n) is 5.69. The van der Waals surface area contributed by atoms with E-state index < -0.39 is 0 Å². The first-order valence-electron chi connectivity index (χ1n) is 6.47. The Morgan fingerprint density at radius 3 is 2.33 bits per heavy atom. The number of hydrogen-bond donors (Lipinski definition) is 1. The van der Waals surface area contributed by atoms with E-state index in [4.69, 9.17) is 0 Å². The van der Waals surface area contributed by atoms with Crippen LogP contribution in [0.5, 0.6) is 0 Å². The van der Waals surface area contributed by atoms with Gasteiger partial charge in [-0.2, -0.15) is 0 Å². The third-order valence-electron chi connectivity index (χ3n) is 3.82. The molecule has 0 radical (unpaired) electrons. The zero-order valence-corrected chi connectivity index (χ0v) is 11.0. The van der Waals surface area contributed by atoms with Crippen molar-refractivity contribution in [3.8, 4) is 0 Å². The van der Waals surface area contributed by atoms with Crippen molar-refractivity contribution in [2.24, 2.45) is 5.92 Å². The molecule has 0 spiro atoms. The van der Waals surface area contributed by atoms with Crippen LogP contribution < -0.4 is 5.32 Å². The van der Waals surface area contributed by atoms with E-state index in [1.165, 1.54) is 45.3 Å². The minimum atomic E-state index is 0.397. The smallest absolute Gasteiger partial charge is 0.0174 e. The summed E-state index contributed by atoms with van der Waals surface area (Å²) in [6.07, 6.45) is 5.34. The molecule has 0 aromatic heterocycles. The summed E-state index contributed by atoms with van der Waals surface area (Å²) >= 11 is 0. The average molecular weight is 212 g/mol. The highest BCUT2D eigenvalue weighted by Gasteiger charge is 2.27. The summed E-state index contributed by atoms with van der Waals surface area (Å²) in [5, 5.41) is 3.45. The van der Waals surface area contributed by atoms with Gasteiger partial charge in [-0.25, -0.2) is 0 Å². The predicted octanol–water partition coefficient (Wildman–Crippen LogP) is 2.50. The van der Waals surface area contributed by atoms with Crippen LogP contribution in [0.1, 0.15) is 46.5 Å². The Kier molecular flexibility index (Phi) is 5.07. The molecule has 0 unspecified atom stereocenters. The number of nitrogens with zero attached hydrogens (tertiary/aromatic N) is 1. The molecule has 1 N–H and O–H groups in total. The van der Waals surface area contributed by atoms with Crippen LogP contribution in [0.3, 0.4) is 0 Å². The second kappa shape index (κ2) is 5.86. The third kappa shape index (κ3) is 4.52. The first-order chi connectivity index (χ1) is 7.06. The summed E-state index contributed by atoms with van der Waals surface area (Å²) < 4.78 is 0. The quantitative estimate of drug-likeness (QED) is 0.753. The molecule has 0 atom stereocenters. The molecule has 1 fully saturated rings. The fourth-order valence-electron chi connectivity index (χ4n) is 2.24. The van der Waals surface area contributed by atoms with Gasteiger partial charge in [0.1, 0.15) is 0 Å². The van der Waals surface area contributed by atoms with Crippen LogP contribution >= 0.6 is 0 Å². The van der Waals surface area contributed by atoms with Gasteiger partial charge in [0.2, 0.25) is 0 Å². The highest BCUT2D eigenvalue weighted by atomic mass is 15.1. The maximum Gasteiger partial charge on any atom is 0.0174 e. The SMILES string of the molecule is CNC1(C)CCN(CCCC(C)C)CC1. The molecule has 1 rings (SSSR count). The number of nitrogens with one attached hydrogen (secondary N) is 1. The lowest BCUT2D eigenvalue weighted by molar-refractivity contribution is 0.149. The fourth-order valence-corrected chi connectivity index (χ4v) is 2.24. The molecular weight excluding hydrogens is 184 g/mol. The van der Waals surface area contributed by atoms with Crippen LogP contribution in [0.4, 0.5) is 0 Å². The molecule has 1 aliphatic heterocycles. The van der Waals surface area contributed by atoms with Gasteiger partial charge >= 0.3 is 0 Å². The standard InChI is InChI=1S/C13H28N2/c1-12(2)6-5-9-15-10-7-13(3,14-4)8-11-15/h12,14H,5-11H2,1-4H3. The Morgan fingerprint density at radius 2 is 1.87 bits per heavy atom. The van der Waals surface area contributed by atoms with Crippen molar-refractivity contribution >= 4 is 0 Å². The summed E-state index contributed by atoms with van der Waals surface area (Å²) in [5.74, 6) is 0.859. The molecule has 0 aromatic rings. The maximum absolute atomic E-state index is 3.45. The molecule has 2 nitrogen and oxygen atoms in total. The molecule has 1 saturated heterocycles.